The predicted molar refractivity (Wildman–Crippen MR) is 147 cm³/mol. The van der Waals surface area contributed by atoms with Crippen LogP contribution in [0.4, 0.5) is 5.69 Å². The summed E-state index contributed by atoms with van der Waals surface area (Å²) in [5.41, 5.74) is 3.37. The summed E-state index contributed by atoms with van der Waals surface area (Å²) in [4.78, 5) is 13.0. The number of rotatable bonds is 11. The van der Waals surface area contributed by atoms with Gasteiger partial charge in [-0.05, 0) is 54.8 Å². The Balaban J connectivity index is 1.67. The van der Waals surface area contributed by atoms with Gasteiger partial charge in [0.15, 0.2) is 0 Å². The van der Waals surface area contributed by atoms with Crippen molar-refractivity contribution >= 4 is 56.6 Å². The summed E-state index contributed by atoms with van der Waals surface area (Å²) in [7, 11) is -3.93. The highest BCUT2D eigenvalue weighted by Crippen LogP contribution is 2.28. The van der Waals surface area contributed by atoms with Crippen LogP contribution in [0.2, 0.25) is 10.0 Å². The lowest BCUT2D eigenvalue weighted by atomic mass is 10.1. The van der Waals surface area contributed by atoms with Gasteiger partial charge in [-0.1, -0.05) is 72.1 Å². The first kappa shape index (κ1) is 27.4. The largest absolute Gasteiger partial charge is 0.354 e. The standard InChI is InChI=1S/C26H28Cl2N2O3S2/c1-3-21-6-4-5-7-25(21)30(35(32,33)22-11-8-19(2)9-12-22)17-26(31)29-14-15-34-18-20-10-13-23(27)24(28)16-20/h4-13,16H,3,14-15,17-18H2,1-2H3,(H,29,31). The highest BCUT2D eigenvalue weighted by atomic mass is 35.5. The number of sulfonamides is 1. The molecule has 0 saturated heterocycles. The van der Waals surface area contributed by atoms with Crippen LogP contribution in [0.15, 0.2) is 71.6 Å². The van der Waals surface area contributed by atoms with E-state index >= 15 is 0 Å². The minimum Gasteiger partial charge on any atom is -0.354 e. The van der Waals surface area contributed by atoms with Gasteiger partial charge >= 0.3 is 0 Å². The topological polar surface area (TPSA) is 66.5 Å². The van der Waals surface area contributed by atoms with E-state index in [1.54, 1.807) is 54.2 Å². The highest BCUT2D eigenvalue weighted by molar-refractivity contribution is 7.98. The third kappa shape index (κ3) is 7.40. The van der Waals surface area contributed by atoms with Gasteiger partial charge in [0, 0.05) is 18.1 Å². The van der Waals surface area contributed by atoms with E-state index in [2.05, 4.69) is 5.32 Å². The Bertz CT molecular complexity index is 1270. The number of carbonyl (C=O) groups is 1. The molecule has 0 aromatic heterocycles. The zero-order chi connectivity index (χ0) is 25.4. The Morgan fingerprint density at radius 2 is 1.71 bits per heavy atom. The average molecular weight is 552 g/mol. The molecular formula is C26H28Cl2N2O3S2. The summed E-state index contributed by atoms with van der Waals surface area (Å²) < 4.78 is 28.3. The summed E-state index contributed by atoms with van der Waals surface area (Å²) in [5, 5.41) is 3.88. The summed E-state index contributed by atoms with van der Waals surface area (Å²) in [6.45, 7) is 3.97. The fraction of sp³-hybridized carbons (Fsp3) is 0.269. The lowest BCUT2D eigenvalue weighted by Gasteiger charge is -2.26. The first-order valence-electron chi connectivity index (χ1n) is 11.2. The zero-order valence-corrected chi connectivity index (χ0v) is 22.8. The van der Waals surface area contributed by atoms with Gasteiger partial charge in [0.05, 0.1) is 20.6 Å². The molecule has 5 nitrogen and oxygen atoms in total. The van der Waals surface area contributed by atoms with Gasteiger partial charge in [-0.15, -0.1) is 0 Å². The molecular weight excluding hydrogens is 523 g/mol. The molecule has 186 valence electrons. The van der Waals surface area contributed by atoms with Gasteiger partial charge in [0.25, 0.3) is 10.0 Å². The number of para-hydroxylation sites is 1. The zero-order valence-electron chi connectivity index (χ0n) is 19.6. The van der Waals surface area contributed by atoms with Crippen LogP contribution in [0.3, 0.4) is 0 Å². The minimum atomic E-state index is -3.93. The molecule has 3 rings (SSSR count). The van der Waals surface area contributed by atoms with Crippen LogP contribution in [-0.4, -0.2) is 33.2 Å². The van der Waals surface area contributed by atoms with Gasteiger partial charge in [0.2, 0.25) is 5.91 Å². The van der Waals surface area contributed by atoms with E-state index < -0.39 is 10.0 Å². The Morgan fingerprint density at radius 1 is 1.00 bits per heavy atom. The summed E-state index contributed by atoms with van der Waals surface area (Å²) in [6.07, 6.45) is 0.642. The van der Waals surface area contributed by atoms with Crippen molar-refractivity contribution in [3.63, 3.8) is 0 Å². The molecule has 0 aliphatic heterocycles. The molecule has 0 aliphatic carbocycles. The van der Waals surface area contributed by atoms with E-state index in [9.17, 15) is 13.2 Å². The molecule has 1 N–H and O–H groups in total. The monoisotopic (exact) mass is 550 g/mol. The van der Waals surface area contributed by atoms with Crippen LogP contribution in [-0.2, 0) is 27.0 Å². The van der Waals surface area contributed by atoms with Crippen LogP contribution in [0.25, 0.3) is 0 Å². The Kier molecular flexibility index (Phi) is 9.92. The van der Waals surface area contributed by atoms with Crippen molar-refractivity contribution in [1.29, 1.82) is 0 Å². The Morgan fingerprint density at radius 3 is 2.40 bits per heavy atom. The minimum absolute atomic E-state index is 0.152. The van der Waals surface area contributed by atoms with E-state index in [1.165, 1.54) is 4.31 Å². The molecule has 3 aromatic carbocycles. The maximum atomic E-state index is 13.6. The van der Waals surface area contributed by atoms with Gasteiger partial charge < -0.3 is 5.32 Å². The van der Waals surface area contributed by atoms with Crippen LogP contribution in [0.1, 0.15) is 23.6 Å². The first-order chi connectivity index (χ1) is 16.7. The number of nitrogens with one attached hydrogen (secondary N) is 1. The number of amides is 1. The number of nitrogens with zero attached hydrogens (tertiary/aromatic N) is 1. The summed E-state index contributed by atoms with van der Waals surface area (Å²) in [6, 6.07) is 19.4. The van der Waals surface area contributed by atoms with Crippen LogP contribution >= 0.6 is 35.0 Å². The normalized spacial score (nSPS) is 11.3. The fourth-order valence-corrected chi connectivity index (χ4v) is 6.04. The van der Waals surface area contributed by atoms with Crippen molar-refractivity contribution in [2.45, 2.75) is 30.9 Å². The molecule has 35 heavy (non-hydrogen) atoms. The molecule has 0 fully saturated rings. The number of carbonyl (C=O) groups excluding carboxylic acids is 1. The average Bonchev–Trinajstić information content (AvgIpc) is 2.84. The number of thioether (sulfide) groups is 1. The molecule has 9 heteroatoms. The molecule has 0 unspecified atom stereocenters. The molecule has 0 radical (unpaired) electrons. The van der Waals surface area contributed by atoms with Gasteiger partial charge in [-0.2, -0.15) is 11.8 Å². The van der Waals surface area contributed by atoms with Crippen molar-refractivity contribution in [2.24, 2.45) is 0 Å². The fourth-order valence-electron chi connectivity index (χ4n) is 3.46. The van der Waals surface area contributed by atoms with E-state index in [1.807, 2.05) is 38.1 Å². The van der Waals surface area contributed by atoms with Crippen molar-refractivity contribution in [1.82, 2.24) is 5.32 Å². The number of hydrogen-bond acceptors (Lipinski definition) is 4. The summed E-state index contributed by atoms with van der Waals surface area (Å²) in [5.74, 6) is 1.04. The first-order valence-corrected chi connectivity index (χ1v) is 14.5. The van der Waals surface area contributed by atoms with Gasteiger partial charge in [-0.3, -0.25) is 9.10 Å². The second-order valence-electron chi connectivity index (χ2n) is 7.96. The van der Waals surface area contributed by atoms with Crippen molar-refractivity contribution < 1.29 is 13.2 Å². The Labute approximate surface area is 221 Å². The molecule has 0 heterocycles. The van der Waals surface area contributed by atoms with Crippen molar-refractivity contribution in [3.8, 4) is 0 Å². The van der Waals surface area contributed by atoms with Gasteiger partial charge in [0.1, 0.15) is 6.54 Å². The van der Waals surface area contributed by atoms with Crippen LogP contribution < -0.4 is 9.62 Å². The smallest absolute Gasteiger partial charge is 0.264 e. The van der Waals surface area contributed by atoms with Crippen molar-refractivity contribution in [3.05, 3.63) is 93.5 Å². The predicted octanol–water partition coefficient (Wildman–Crippen LogP) is 6.11. The number of aryl methyl sites for hydroxylation is 2. The number of benzene rings is 3. The van der Waals surface area contributed by atoms with Crippen LogP contribution in [0.5, 0.6) is 0 Å². The molecule has 0 saturated carbocycles. The summed E-state index contributed by atoms with van der Waals surface area (Å²) >= 11 is 13.6. The lowest BCUT2D eigenvalue weighted by Crippen LogP contribution is -2.41. The molecule has 3 aromatic rings. The van der Waals surface area contributed by atoms with Crippen LogP contribution in [0, 0.1) is 6.92 Å². The van der Waals surface area contributed by atoms with E-state index in [0.717, 1.165) is 22.4 Å². The molecule has 0 aliphatic rings. The highest BCUT2D eigenvalue weighted by Gasteiger charge is 2.28. The van der Waals surface area contributed by atoms with Crippen molar-refractivity contribution in [2.75, 3.05) is 23.1 Å². The maximum Gasteiger partial charge on any atom is 0.264 e. The van der Waals surface area contributed by atoms with E-state index in [4.69, 9.17) is 23.2 Å². The van der Waals surface area contributed by atoms with E-state index in [0.29, 0.717) is 34.5 Å². The molecule has 1 amide bonds. The second kappa shape index (κ2) is 12.7. The third-order valence-corrected chi connectivity index (χ3v) is 8.90. The third-order valence-electron chi connectivity index (χ3n) is 5.36. The molecule has 0 atom stereocenters. The SMILES string of the molecule is CCc1ccccc1N(CC(=O)NCCSCc1ccc(Cl)c(Cl)c1)S(=O)(=O)c1ccc(C)cc1. The number of halogens is 2. The maximum absolute atomic E-state index is 13.6. The number of anilines is 1. The molecule has 0 spiro atoms. The number of hydrogen-bond donors (Lipinski definition) is 1. The lowest BCUT2D eigenvalue weighted by molar-refractivity contribution is -0.119. The van der Waals surface area contributed by atoms with E-state index in [-0.39, 0.29) is 17.3 Å². The quantitative estimate of drug-likeness (QED) is 0.292. The van der Waals surface area contributed by atoms with Gasteiger partial charge in [-0.25, -0.2) is 8.42 Å². The second-order valence-corrected chi connectivity index (χ2v) is 11.7. The Hall–Kier alpha value is -2.19. The molecule has 0 bridgehead atoms.